The van der Waals surface area contributed by atoms with Crippen molar-refractivity contribution in [1.29, 1.82) is 0 Å². The molecule has 0 saturated heterocycles. The van der Waals surface area contributed by atoms with Crippen LogP contribution in [0.4, 0.5) is 0 Å². The van der Waals surface area contributed by atoms with Gasteiger partial charge in [-0.25, -0.2) is 15.0 Å². The average molecular weight is 717 g/mol. The first-order valence-electron chi connectivity index (χ1n) is 18.8. The van der Waals surface area contributed by atoms with Crippen LogP contribution in [0.3, 0.4) is 0 Å². The van der Waals surface area contributed by atoms with Crippen LogP contribution < -0.4 is 0 Å². The summed E-state index contributed by atoms with van der Waals surface area (Å²) >= 11 is 0. The minimum Gasteiger partial charge on any atom is -0.455 e. The van der Waals surface area contributed by atoms with E-state index in [2.05, 4.69) is 150 Å². The molecule has 0 amide bonds. The SMILES string of the molecule is c1ccc(-c2ccc(-c3nc(-c4ccccc4)nc(-c4cccc(-n5c6ccccc6c6ccc(-c7cccc8c7oc7ccccc78)cc65)c4)n3)cc2)cc1. The highest BCUT2D eigenvalue weighted by Crippen LogP contribution is 2.39. The summed E-state index contributed by atoms with van der Waals surface area (Å²) in [5.74, 6) is 1.87. The van der Waals surface area contributed by atoms with Crippen LogP contribution in [0, 0.1) is 0 Å². The first kappa shape index (κ1) is 31.9. The van der Waals surface area contributed by atoms with Gasteiger partial charge in [0.2, 0.25) is 0 Å². The van der Waals surface area contributed by atoms with Crippen LogP contribution in [0.5, 0.6) is 0 Å². The van der Waals surface area contributed by atoms with Crippen LogP contribution in [0.1, 0.15) is 0 Å². The largest absolute Gasteiger partial charge is 0.455 e. The molecule has 0 spiro atoms. The third kappa shape index (κ3) is 5.37. The molecule has 56 heavy (non-hydrogen) atoms. The van der Waals surface area contributed by atoms with E-state index in [0.717, 1.165) is 72.0 Å². The maximum Gasteiger partial charge on any atom is 0.164 e. The fourth-order valence-electron chi connectivity index (χ4n) is 7.97. The Morgan fingerprint density at radius 1 is 0.339 bits per heavy atom. The lowest BCUT2D eigenvalue weighted by Gasteiger charge is -2.12. The second-order valence-corrected chi connectivity index (χ2v) is 14.0. The number of fused-ring (bicyclic) bond motifs is 6. The molecule has 11 aromatic rings. The number of furan rings is 1. The van der Waals surface area contributed by atoms with Gasteiger partial charge in [-0.05, 0) is 47.0 Å². The molecule has 8 aromatic carbocycles. The standard InChI is InChI=1S/C51H32N4O/c1-3-13-33(14-4-1)34-25-27-36(28-26-34)50-52-49(35-15-5-2-6-16-35)53-51(54-50)38-17-11-18-39(31-38)55-45-23-9-7-19-41(45)42-30-29-37(32-46(42)55)40-21-12-22-44-43-20-8-10-24-47(43)56-48(40)44/h1-32H. The van der Waals surface area contributed by atoms with Gasteiger partial charge in [0, 0.05) is 49.5 Å². The Balaban J connectivity index is 1.06. The van der Waals surface area contributed by atoms with Gasteiger partial charge in [0.1, 0.15) is 11.2 Å². The van der Waals surface area contributed by atoms with E-state index in [4.69, 9.17) is 19.4 Å². The highest BCUT2D eigenvalue weighted by molar-refractivity contribution is 6.13. The van der Waals surface area contributed by atoms with Crippen LogP contribution in [-0.4, -0.2) is 19.5 Å². The first-order chi connectivity index (χ1) is 27.7. The molecule has 0 N–H and O–H groups in total. The number of nitrogens with zero attached hydrogens (tertiary/aromatic N) is 4. The molecule has 0 radical (unpaired) electrons. The third-order valence-electron chi connectivity index (χ3n) is 10.7. The van der Waals surface area contributed by atoms with Crippen LogP contribution >= 0.6 is 0 Å². The maximum absolute atomic E-state index is 6.47. The van der Waals surface area contributed by atoms with Gasteiger partial charge in [-0.15, -0.1) is 0 Å². The van der Waals surface area contributed by atoms with Gasteiger partial charge in [-0.1, -0.05) is 164 Å². The molecule has 3 heterocycles. The number of benzene rings is 8. The summed E-state index contributed by atoms with van der Waals surface area (Å²) in [4.78, 5) is 15.2. The normalized spacial score (nSPS) is 11.6. The average Bonchev–Trinajstić information content (AvgIpc) is 3.83. The first-order valence-corrected chi connectivity index (χ1v) is 18.8. The lowest BCUT2D eigenvalue weighted by Crippen LogP contribution is -2.01. The second kappa shape index (κ2) is 13.0. The number of hydrogen-bond donors (Lipinski definition) is 0. The van der Waals surface area contributed by atoms with Crippen molar-refractivity contribution in [2.75, 3.05) is 0 Å². The molecule has 0 aliphatic carbocycles. The van der Waals surface area contributed by atoms with Crippen LogP contribution in [0.25, 0.3) is 106 Å². The van der Waals surface area contributed by atoms with E-state index in [0.29, 0.717) is 17.5 Å². The molecule has 0 saturated carbocycles. The van der Waals surface area contributed by atoms with E-state index >= 15 is 0 Å². The number of aromatic nitrogens is 4. The molecule has 0 atom stereocenters. The van der Waals surface area contributed by atoms with E-state index in [1.54, 1.807) is 0 Å². The molecule has 0 aliphatic rings. The topological polar surface area (TPSA) is 56.7 Å². The van der Waals surface area contributed by atoms with E-state index in [-0.39, 0.29) is 0 Å². The van der Waals surface area contributed by atoms with Crippen LogP contribution in [0.2, 0.25) is 0 Å². The second-order valence-electron chi connectivity index (χ2n) is 14.0. The lowest BCUT2D eigenvalue weighted by molar-refractivity contribution is 0.670. The zero-order valence-electron chi connectivity index (χ0n) is 30.2. The van der Waals surface area contributed by atoms with E-state index in [1.165, 1.54) is 16.3 Å². The molecule has 0 unspecified atom stereocenters. The lowest BCUT2D eigenvalue weighted by atomic mass is 10.0. The third-order valence-corrected chi connectivity index (χ3v) is 10.7. The van der Waals surface area contributed by atoms with E-state index in [9.17, 15) is 0 Å². The number of hydrogen-bond acceptors (Lipinski definition) is 4. The predicted octanol–water partition coefficient (Wildman–Crippen LogP) is 13.2. The van der Waals surface area contributed by atoms with Crippen molar-refractivity contribution in [3.05, 3.63) is 194 Å². The predicted molar refractivity (Wildman–Crippen MR) is 229 cm³/mol. The Morgan fingerprint density at radius 3 is 1.66 bits per heavy atom. The highest BCUT2D eigenvalue weighted by Gasteiger charge is 2.18. The number of para-hydroxylation sites is 3. The van der Waals surface area contributed by atoms with Crippen LogP contribution in [-0.2, 0) is 0 Å². The Hall–Kier alpha value is -7.63. The fourth-order valence-corrected chi connectivity index (χ4v) is 7.97. The van der Waals surface area contributed by atoms with Crippen LogP contribution in [0.15, 0.2) is 199 Å². The summed E-state index contributed by atoms with van der Waals surface area (Å²) < 4.78 is 8.82. The Morgan fingerprint density at radius 2 is 0.875 bits per heavy atom. The quantitative estimate of drug-likeness (QED) is 0.172. The Labute approximate surface area is 322 Å². The van der Waals surface area contributed by atoms with Gasteiger partial charge >= 0.3 is 0 Å². The van der Waals surface area contributed by atoms with Gasteiger partial charge in [0.25, 0.3) is 0 Å². The molecular formula is C51H32N4O. The van der Waals surface area contributed by atoms with Gasteiger partial charge in [0.05, 0.1) is 11.0 Å². The molecular weight excluding hydrogens is 685 g/mol. The van der Waals surface area contributed by atoms with Crippen molar-refractivity contribution in [3.63, 3.8) is 0 Å². The molecule has 0 bridgehead atoms. The van der Waals surface area contributed by atoms with Gasteiger partial charge in [-0.3, -0.25) is 0 Å². The summed E-state index contributed by atoms with van der Waals surface area (Å²) in [5.41, 5.74) is 12.3. The van der Waals surface area contributed by atoms with Crippen molar-refractivity contribution in [3.8, 4) is 62.1 Å². The van der Waals surface area contributed by atoms with Gasteiger partial charge in [-0.2, -0.15) is 0 Å². The molecule has 11 rings (SSSR count). The summed E-state index contributed by atoms with van der Waals surface area (Å²) in [5, 5.41) is 4.61. The van der Waals surface area contributed by atoms with Gasteiger partial charge in [0.15, 0.2) is 17.5 Å². The Kier molecular flexibility index (Phi) is 7.42. The zero-order valence-corrected chi connectivity index (χ0v) is 30.2. The highest BCUT2D eigenvalue weighted by atomic mass is 16.3. The van der Waals surface area contributed by atoms with Crippen molar-refractivity contribution >= 4 is 43.7 Å². The number of rotatable bonds is 6. The minimum atomic E-state index is 0.612. The van der Waals surface area contributed by atoms with Crippen molar-refractivity contribution < 1.29 is 4.42 Å². The van der Waals surface area contributed by atoms with Crippen molar-refractivity contribution in [2.45, 2.75) is 0 Å². The smallest absolute Gasteiger partial charge is 0.164 e. The van der Waals surface area contributed by atoms with Crippen molar-refractivity contribution in [2.24, 2.45) is 0 Å². The summed E-state index contributed by atoms with van der Waals surface area (Å²) in [6.07, 6.45) is 0. The minimum absolute atomic E-state index is 0.612. The summed E-state index contributed by atoms with van der Waals surface area (Å²) in [6, 6.07) is 67.4. The molecule has 0 aliphatic heterocycles. The maximum atomic E-state index is 6.47. The molecule has 3 aromatic heterocycles. The fraction of sp³-hybridized carbons (Fsp3) is 0. The van der Waals surface area contributed by atoms with E-state index < -0.39 is 0 Å². The van der Waals surface area contributed by atoms with E-state index in [1.807, 2.05) is 48.5 Å². The molecule has 5 heteroatoms. The molecule has 5 nitrogen and oxygen atoms in total. The van der Waals surface area contributed by atoms with Crippen molar-refractivity contribution in [1.82, 2.24) is 19.5 Å². The Bertz CT molecular complexity index is 3240. The summed E-state index contributed by atoms with van der Waals surface area (Å²) in [6.45, 7) is 0. The van der Waals surface area contributed by atoms with Gasteiger partial charge < -0.3 is 8.98 Å². The monoisotopic (exact) mass is 716 g/mol. The molecule has 262 valence electrons. The molecule has 0 fully saturated rings. The summed E-state index contributed by atoms with van der Waals surface area (Å²) in [7, 11) is 0. The zero-order chi connectivity index (χ0) is 37.0.